The first-order valence-electron chi connectivity index (χ1n) is 5.25. The number of hydrogen-bond acceptors (Lipinski definition) is 2. The lowest BCUT2D eigenvalue weighted by molar-refractivity contribution is -0.136. The van der Waals surface area contributed by atoms with Crippen molar-refractivity contribution in [3.63, 3.8) is 0 Å². The van der Waals surface area contributed by atoms with Crippen LogP contribution in [0.25, 0.3) is 11.1 Å². The fourth-order valence-electron chi connectivity index (χ4n) is 1.69. The van der Waals surface area contributed by atoms with Crippen LogP contribution in [-0.4, -0.2) is 16.2 Å². The quantitative estimate of drug-likeness (QED) is 0.849. The van der Waals surface area contributed by atoms with E-state index in [4.69, 9.17) is 5.11 Å². The van der Waals surface area contributed by atoms with Crippen molar-refractivity contribution in [2.75, 3.05) is 0 Å². The number of carboxylic acids is 1. The first-order valence-corrected chi connectivity index (χ1v) is 5.25. The van der Waals surface area contributed by atoms with Gasteiger partial charge in [-0.05, 0) is 28.8 Å². The van der Waals surface area contributed by atoms with Crippen molar-refractivity contribution in [1.82, 2.24) is 0 Å². The highest BCUT2D eigenvalue weighted by Gasteiger charge is 2.03. The molecule has 86 valence electrons. The summed E-state index contributed by atoms with van der Waals surface area (Å²) < 4.78 is 0. The molecule has 0 aliphatic heterocycles. The molecule has 2 aromatic rings. The molecule has 2 rings (SSSR count). The lowest BCUT2D eigenvalue weighted by Gasteiger charge is -2.04. The number of hydrogen-bond donors (Lipinski definition) is 2. The van der Waals surface area contributed by atoms with Gasteiger partial charge in [0, 0.05) is 0 Å². The third-order valence-electron chi connectivity index (χ3n) is 2.48. The highest BCUT2D eigenvalue weighted by Crippen LogP contribution is 2.22. The zero-order valence-electron chi connectivity index (χ0n) is 9.13. The number of carbonyl (C=O) groups is 1. The van der Waals surface area contributed by atoms with E-state index in [0.29, 0.717) is 0 Å². The van der Waals surface area contributed by atoms with Gasteiger partial charge in [0.1, 0.15) is 5.75 Å². The number of benzene rings is 2. The summed E-state index contributed by atoms with van der Waals surface area (Å²) in [4.78, 5) is 10.6. The fourth-order valence-corrected chi connectivity index (χ4v) is 1.69. The molecule has 0 bridgehead atoms. The third-order valence-corrected chi connectivity index (χ3v) is 2.48. The molecule has 0 unspecified atom stereocenters. The zero-order chi connectivity index (χ0) is 12.3. The van der Waals surface area contributed by atoms with Gasteiger partial charge in [-0.3, -0.25) is 4.79 Å². The second-order valence-corrected chi connectivity index (χ2v) is 3.82. The average Bonchev–Trinajstić information content (AvgIpc) is 2.29. The van der Waals surface area contributed by atoms with E-state index in [0.717, 1.165) is 16.7 Å². The van der Waals surface area contributed by atoms with Gasteiger partial charge in [-0.2, -0.15) is 0 Å². The molecule has 3 heteroatoms. The van der Waals surface area contributed by atoms with Crippen LogP contribution in [0, 0.1) is 0 Å². The molecule has 17 heavy (non-hydrogen) atoms. The topological polar surface area (TPSA) is 57.5 Å². The van der Waals surface area contributed by atoms with Gasteiger partial charge in [0.15, 0.2) is 0 Å². The van der Waals surface area contributed by atoms with Gasteiger partial charge in [0.25, 0.3) is 0 Å². The number of phenolic OH excluding ortho intramolecular Hbond substituents is 1. The Bertz CT molecular complexity index is 529. The summed E-state index contributed by atoms with van der Waals surface area (Å²) in [5, 5.41) is 17.9. The Hall–Kier alpha value is -2.29. The Morgan fingerprint density at radius 3 is 2.35 bits per heavy atom. The summed E-state index contributed by atoms with van der Waals surface area (Å²) in [6.45, 7) is 0. The molecule has 0 aromatic heterocycles. The second kappa shape index (κ2) is 4.70. The minimum Gasteiger partial charge on any atom is -0.508 e. The maximum absolute atomic E-state index is 10.6. The van der Waals surface area contributed by atoms with Crippen molar-refractivity contribution < 1.29 is 15.0 Å². The first-order chi connectivity index (χ1) is 8.15. The van der Waals surface area contributed by atoms with Crippen molar-refractivity contribution in [1.29, 1.82) is 0 Å². The molecule has 2 N–H and O–H groups in total. The molecule has 0 radical (unpaired) electrons. The van der Waals surface area contributed by atoms with Crippen molar-refractivity contribution in [2.45, 2.75) is 6.42 Å². The second-order valence-electron chi connectivity index (χ2n) is 3.82. The molecule has 3 nitrogen and oxygen atoms in total. The number of aromatic hydroxyl groups is 1. The van der Waals surface area contributed by atoms with Crippen LogP contribution in [-0.2, 0) is 11.2 Å². The van der Waals surface area contributed by atoms with Crippen LogP contribution >= 0.6 is 0 Å². The molecular weight excluding hydrogens is 216 g/mol. The molecule has 0 spiro atoms. The zero-order valence-corrected chi connectivity index (χ0v) is 9.13. The molecule has 0 aliphatic carbocycles. The first kappa shape index (κ1) is 11.2. The molecule has 0 saturated carbocycles. The van der Waals surface area contributed by atoms with Crippen molar-refractivity contribution in [2.24, 2.45) is 0 Å². The molecule has 0 heterocycles. The maximum Gasteiger partial charge on any atom is 0.307 e. The fraction of sp³-hybridized carbons (Fsp3) is 0.0714. The highest BCUT2D eigenvalue weighted by molar-refractivity contribution is 5.72. The largest absolute Gasteiger partial charge is 0.508 e. The van der Waals surface area contributed by atoms with E-state index in [1.165, 1.54) is 0 Å². The van der Waals surface area contributed by atoms with Crippen LogP contribution < -0.4 is 0 Å². The molecule has 2 aromatic carbocycles. The van der Waals surface area contributed by atoms with Crippen LogP contribution in [0.1, 0.15) is 5.56 Å². The minimum absolute atomic E-state index is 0.0198. The molecule has 0 aliphatic rings. The average molecular weight is 228 g/mol. The molecule has 0 saturated heterocycles. The van der Waals surface area contributed by atoms with E-state index < -0.39 is 5.97 Å². The summed E-state index contributed by atoms with van der Waals surface area (Å²) >= 11 is 0. The summed E-state index contributed by atoms with van der Waals surface area (Å²) in [6.07, 6.45) is 0.0198. The van der Waals surface area contributed by atoms with Crippen LogP contribution in [0.2, 0.25) is 0 Å². The number of carboxylic acid groups (broad SMARTS) is 1. The van der Waals surface area contributed by atoms with Crippen LogP contribution in [0.5, 0.6) is 5.75 Å². The van der Waals surface area contributed by atoms with Crippen molar-refractivity contribution >= 4 is 5.97 Å². The molecular formula is C14H12O3. The normalized spacial score (nSPS) is 10.1. The summed E-state index contributed by atoms with van der Waals surface area (Å²) in [5.41, 5.74) is 2.67. The standard InChI is InChI=1S/C14H12O3/c15-13-6-4-11(5-7-13)12-3-1-2-10(8-12)9-14(16)17/h1-8,15H,9H2,(H,16,17). The lowest BCUT2D eigenvalue weighted by atomic mass is 10.0. The number of phenols is 1. The van der Waals surface area contributed by atoms with Crippen LogP contribution in [0.4, 0.5) is 0 Å². The van der Waals surface area contributed by atoms with Gasteiger partial charge in [0.2, 0.25) is 0 Å². The maximum atomic E-state index is 10.6. The molecule has 0 fully saturated rings. The summed E-state index contributed by atoms with van der Waals surface area (Å²) in [6, 6.07) is 14.2. The predicted molar refractivity (Wildman–Crippen MR) is 64.9 cm³/mol. The van der Waals surface area contributed by atoms with Crippen LogP contribution in [0.15, 0.2) is 48.5 Å². The van der Waals surface area contributed by atoms with Gasteiger partial charge >= 0.3 is 5.97 Å². The Morgan fingerprint density at radius 2 is 1.71 bits per heavy atom. The monoisotopic (exact) mass is 228 g/mol. The van der Waals surface area contributed by atoms with Gasteiger partial charge < -0.3 is 10.2 Å². The molecule has 0 amide bonds. The van der Waals surface area contributed by atoms with Gasteiger partial charge in [-0.1, -0.05) is 36.4 Å². The predicted octanol–water partition coefficient (Wildman–Crippen LogP) is 2.69. The Morgan fingerprint density at radius 1 is 1.00 bits per heavy atom. The van der Waals surface area contributed by atoms with Crippen molar-refractivity contribution in [3.8, 4) is 16.9 Å². The van der Waals surface area contributed by atoms with E-state index in [1.54, 1.807) is 30.3 Å². The lowest BCUT2D eigenvalue weighted by Crippen LogP contribution is -1.99. The molecule has 0 atom stereocenters. The highest BCUT2D eigenvalue weighted by atomic mass is 16.4. The number of rotatable bonds is 3. The van der Waals surface area contributed by atoms with E-state index in [2.05, 4.69) is 0 Å². The summed E-state index contributed by atoms with van der Waals surface area (Å²) in [5.74, 6) is -0.622. The van der Waals surface area contributed by atoms with Gasteiger partial charge in [-0.15, -0.1) is 0 Å². The Labute approximate surface area is 99.0 Å². The van der Waals surface area contributed by atoms with E-state index in [-0.39, 0.29) is 12.2 Å². The van der Waals surface area contributed by atoms with Crippen LogP contribution in [0.3, 0.4) is 0 Å². The Balaban J connectivity index is 2.32. The van der Waals surface area contributed by atoms with E-state index >= 15 is 0 Å². The smallest absolute Gasteiger partial charge is 0.307 e. The summed E-state index contributed by atoms with van der Waals surface area (Å²) in [7, 11) is 0. The van der Waals surface area contributed by atoms with Gasteiger partial charge in [0.05, 0.1) is 6.42 Å². The SMILES string of the molecule is O=C(O)Cc1cccc(-c2ccc(O)cc2)c1. The van der Waals surface area contributed by atoms with E-state index in [1.807, 2.05) is 18.2 Å². The minimum atomic E-state index is -0.840. The third kappa shape index (κ3) is 2.84. The number of aliphatic carboxylic acids is 1. The van der Waals surface area contributed by atoms with E-state index in [9.17, 15) is 9.90 Å². The Kier molecular flexibility index (Phi) is 3.10. The van der Waals surface area contributed by atoms with Gasteiger partial charge in [-0.25, -0.2) is 0 Å². The van der Waals surface area contributed by atoms with Crippen molar-refractivity contribution in [3.05, 3.63) is 54.1 Å².